The first-order chi connectivity index (χ1) is 7.13. The molecule has 0 aliphatic carbocycles. The van der Waals surface area contributed by atoms with Crippen LogP contribution in [0, 0.1) is 5.82 Å². The second kappa shape index (κ2) is 5.50. The van der Waals surface area contributed by atoms with Crippen molar-refractivity contribution in [1.82, 2.24) is 0 Å². The number of carbonyl (C=O) groups is 1. The molecule has 0 radical (unpaired) electrons. The number of methoxy groups -OCH3 is 1. The fourth-order valence-corrected chi connectivity index (χ4v) is 1.34. The molecule has 1 rings (SSSR count). The first-order valence-electron chi connectivity index (χ1n) is 4.09. The zero-order chi connectivity index (χ0) is 11.3. The van der Waals surface area contributed by atoms with Crippen LogP contribution in [-0.4, -0.2) is 13.1 Å². The van der Waals surface area contributed by atoms with E-state index in [1.807, 2.05) is 0 Å². The third-order valence-corrected chi connectivity index (χ3v) is 2.25. The molecule has 0 aliphatic rings. The number of ether oxygens (including phenoxy) is 1. The first-order valence-corrected chi connectivity index (χ1v) is 4.89. The van der Waals surface area contributed by atoms with E-state index < -0.39 is 5.97 Å². The van der Waals surface area contributed by atoms with Crippen LogP contribution in [0.4, 0.5) is 10.1 Å². The molecule has 0 saturated carbocycles. The largest absolute Gasteiger partial charge is 0.466 e. The maximum atomic E-state index is 12.7. The van der Waals surface area contributed by atoms with Gasteiger partial charge in [0.1, 0.15) is 5.82 Å². The Morgan fingerprint density at radius 3 is 2.93 bits per heavy atom. The molecule has 0 fully saturated rings. The van der Waals surface area contributed by atoms with Crippen molar-refractivity contribution in [1.29, 1.82) is 0 Å². The van der Waals surface area contributed by atoms with Gasteiger partial charge in [-0.3, -0.25) is 0 Å². The molecule has 0 saturated heterocycles. The Kier molecular flexibility index (Phi) is 4.30. The van der Waals surface area contributed by atoms with E-state index in [2.05, 4.69) is 26.0 Å². The van der Waals surface area contributed by atoms with Crippen LogP contribution in [0.5, 0.6) is 0 Å². The maximum absolute atomic E-state index is 12.7. The van der Waals surface area contributed by atoms with Gasteiger partial charge in [0.05, 0.1) is 12.8 Å². The fourth-order valence-electron chi connectivity index (χ4n) is 0.874. The Hall–Kier alpha value is -1.36. The molecular formula is C10H9BrFNO2. The highest BCUT2D eigenvalue weighted by molar-refractivity contribution is 9.10. The monoisotopic (exact) mass is 273 g/mol. The zero-order valence-electron chi connectivity index (χ0n) is 7.96. The van der Waals surface area contributed by atoms with Gasteiger partial charge in [-0.1, -0.05) is 0 Å². The van der Waals surface area contributed by atoms with Crippen molar-refractivity contribution >= 4 is 27.6 Å². The van der Waals surface area contributed by atoms with E-state index in [4.69, 9.17) is 0 Å². The minimum Gasteiger partial charge on any atom is -0.466 e. The number of esters is 1. The molecule has 0 amide bonds. The fraction of sp³-hybridized carbons (Fsp3) is 0.100. The molecule has 1 N–H and O–H groups in total. The Bertz CT molecular complexity index is 393. The average Bonchev–Trinajstić information content (AvgIpc) is 2.21. The summed E-state index contributed by atoms with van der Waals surface area (Å²) >= 11 is 3.18. The van der Waals surface area contributed by atoms with E-state index >= 15 is 0 Å². The summed E-state index contributed by atoms with van der Waals surface area (Å²) in [4.78, 5) is 10.7. The maximum Gasteiger partial charge on any atom is 0.331 e. The second-order valence-corrected chi connectivity index (χ2v) is 3.48. The molecule has 0 atom stereocenters. The number of benzene rings is 1. The summed E-state index contributed by atoms with van der Waals surface area (Å²) in [6.07, 6.45) is 2.65. The lowest BCUT2D eigenvalue weighted by molar-refractivity contribution is -0.134. The molecule has 0 unspecified atom stereocenters. The van der Waals surface area contributed by atoms with Crippen molar-refractivity contribution in [3.05, 3.63) is 40.8 Å². The van der Waals surface area contributed by atoms with Gasteiger partial charge in [0, 0.05) is 16.7 Å². The lowest BCUT2D eigenvalue weighted by Gasteiger charge is -2.03. The Morgan fingerprint density at radius 2 is 2.33 bits per heavy atom. The molecule has 0 heterocycles. The van der Waals surface area contributed by atoms with E-state index in [0.717, 1.165) is 0 Å². The van der Waals surface area contributed by atoms with Crippen LogP contribution < -0.4 is 5.32 Å². The van der Waals surface area contributed by atoms with Crippen LogP contribution in [0.3, 0.4) is 0 Å². The average molecular weight is 274 g/mol. The molecule has 3 nitrogen and oxygen atoms in total. The Labute approximate surface area is 95.1 Å². The number of halogens is 2. The summed E-state index contributed by atoms with van der Waals surface area (Å²) in [5.74, 6) is -0.787. The van der Waals surface area contributed by atoms with Gasteiger partial charge >= 0.3 is 5.97 Å². The van der Waals surface area contributed by atoms with Gasteiger partial charge in [-0.05, 0) is 34.1 Å². The highest BCUT2D eigenvalue weighted by Gasteiger charge is 1.99. The van der Waals surface area contributed by atoms with Crippen LogP contribution in [0.15, 0.2) is 34.9 Å². The van der Waals surface area contributed by atoms with E-state index in [0.29, 0.717) is 10.2 Å². The smallest absolute Gasteiger partial charge is 0.331 e. The summed E-state index contributed by atoms with van der Waals surface area (Å²) in [7, 11) is 1.29. The van der Waals surface area contributed by atoms with Crippen molar-refractivity contribution in [3.63, 3.8) is 0 Å². The summed E-state index contributed by atoms with van der Waals surface area (Å²) in [6.45, 7) is 0. The molecule has 5 heteroatoms. The van der Waals surface area contributed by atoms with Crippen LogP contribution in [0.1, 0.15) is 0 Å². The van der Waals surface area contributed by atoms with Gasteiger partial charge in [0.2, 0.25) is 0 Å². The standard InChI is InChI=1S/C10H9BrFNO2/c1-15-10(14)4-5-13-9-3-2-7(12)6-8(9)11/h2-6,13H,1H3/b5-4+. The van der Waals surface area contributed by atoms with E-state index in [1.165, 1.54) is 31.5 Å². The number of carbonyl (C=O) groups excluding carboxylic acids is 1. The molecule has 0 spiro atoms. The van der Waals surface area contributed by atoms with E-state index in [-0.39, 0.29) is 5.82 Å². The Morgan fingerprint density at radius 1 is 1.60 bits per heavy atom. The van der Waals surface area contributed by atoms with Crippen LogP contribution >= 0.6 is 15.9 Å². The summed E-state index contributed by atoms with van der Waals surface area (Å²) in [5, 5.41) is 2.81. The van der Waals surface area contributed by atoms with Gasteiger partial charge in [-0.2, -0.15) is 0 Å². The summed E-state index contributed by atoms with van der Waals surface area (Å²) < 4.78 is 17.7. The molecule has 15 heavy (non-hydrogen) atoms. The second-order valence-electron chi connectivity index (χ2n) is 2.62. The highest BCUT2D eigenvalue weighted by atomic mass is 79.9. The van der Waals surface area contributed by atoms with Gasteiger partial charge in [-0.15, -0.1) is 0 Å². The molecule has 80 valence electrons. The van der Waals surface area contributed by atoms with Gasteiger partial charge < -0.3 is 10.1 Å². The van der Waals surface area contributed by atoms with E-state index in [1.54, 1.807) is 6.07 Å². The van der Waals surface area contributed by atoms with Crippen LogP contribution in [0.25, 0.3) is 0 Å². The van der Waals surface area contributed by atoms with Gasteiger partial charge in [0.15, 0.2) is 0 Å². The molecule has 1 aromatic rings. The van der Waals surface area contributed by atoms with Crippen LogP contribution in [0.2, 0.25) is 0 Å². The number of nitrogens with one attached hydrogen (secondary N) is 1. The highest BCUT2D eigenvalue weighted by Crippen LogP contribution is 2.22. The summed E-state index contributed by atoms with van der Waals surface area (Å²) in [5.41, 5.74) is 0.663. The van der Waals surface area contributed by atoms with Crippen molar-refractivity contribution in [2.45, 2.75) is 0 Å². The number of anilines is 1. The number of hydrogen-bond acceptors (Lipinski definition) is 3. The topological polar surface area (TPSA) is 38.3 Å². The SMILES string of the molecule is COC(=O)/C=C/Nc1ccc(F)cc1Br. The lowest BCUT2D eigenvalue weighted by atomic mass is 10.3. The zero-order valence-corrected chi connectivity index (χ0v) is 9.55. The third-order valence-electron chi connectivity index (χ3n) is 1.59. The molecule has 0 aromatic heterocycles. The molecular weight excluding hydrogens is 265 g/mol. The van der Waals surface area contributed by atoms with Crippen LogP contribution in [-0.2, 0) is 9.53 Å². The third kappa shape index (κ3) is 3.71. The van der Waals surface area contributed by atoms with Gasteiger partial charge in [0.25, 0.3) is 0 Å². The first kappa shape index (κ1) is 11.7. The normalized spacial score (nSPS) is 10.3. The number of hydrogen-bond donors (Lipinski definition) is 1. The van der Waals surface area contributed by atoms with Crippen molar-refractivity contribution < 1.29 is 13.9 Å². The van der Waals surface area contributed by atoms with Gasteiger partial charge in [-0.25, -0.2) is 9.18 Å². The number of rotatable bonds is 3. The summed E-state index contributed by atoms with van der Waals surface area (Å²) in [6, 6.07) is 4.20. The van der Waals surface area contributed by atoms with Crippen molar-refractivity contribution in [3.8, 4) is 0 Å². The molecule has 0 bridgehead atoms. The lowest BCUT2D eigenvalue weighted by Crippen LogP contribution is -1.96. The predicted molar refractivity (Wildman–Crippen MR) is 58.9 cm³/mol. The minimum atomic E-state index is -0.458. The van der Waals surface area contributed by atoms with Crippen molar-refractivity contribution in [2.24, 2.45) is 0 Å². The Balaban J connectivity index is 2.65. The minimum absolute atomic E-state index is 0.329. The quantitative estimate of drug-likeness (QED) is 0.680. The van der Waals surface area contributed by atoms with Crippen molar-refractivity contribution in [2.75, 3.05) is 12.4 Å². The molecule has 0 aliphatic heterocycles. The predicted octanol–water partition coefficient (Wildman–Crippen LogP) is 2.69. The molecule has 1 aromatic carbocycles. The van der Waals surface area contributed by atoms with E-state index in [9.17, 15) is 9.18 Å².